The lowest BCUT2D eigenvalue weighted by Crippen LogP contribution is -2.29. The third-order valence-electron chi connectivity index (χ3n) is 2.90. The average Bonchev–Trinajstić information content (AvgIpc) is 2.53. The van der Waals surface area contributed by atoms with Crippen LogP contribution in [0.2, 0.25) is 15.1 Å². The quantitative estimate of drug-likeness (QED) is 0.580. The first kappa shape index (κ1) is 18.8. The Kier molecular flexibility index (Phi) is 5.95. The van der Waals surface area contributed by atoms with Crippen molar-refractivity contribution in [1.29, 1.82) is 0 Å². The van der Waals surface area contributed by atoms with Gasteiger partial charge in [-0.25, -0.2) is 13.2 Å². The number of carbonyl (C=O) groups excluding carboxylic acids is 1. The van der Waals surface area contributed by atoms with Gasteiger partial charge in [0.25, 0.3) is 10.0 Å². The van der Waals surface area contributed by atoms with E-state index in [2.05, 4.69) is 15.0 Å². The Morgan fingerprint density at radius 3 is 2.08 bits per heavy atom. The van der Waals surface area contributed by atoms with Crippen molar-refractivity contribution in [2.75, 3.05) is 12.5 Å². The second-order valence-electron chi connectivity index (χ2n) is 4.49. The highest BCUT2D eigenvalue weighted by Gasteiger charge is 2.16. The van der Waals surface area contributed by atoms with Gasteiger partial charge in [0.1, 0.15) is 0 Å². The second kappa shape index (κ2) is 7.58. The first-order valence-electron chi connectivity index (χ1n) is 6.35. The first-order chi connectivity index (χ1) is 11.2. The van der Waals surface area contributed by atoms with Crippen molar-refractivity contribution in [3.8, 4) is 0 Å². The van der Waals surface area contributed by atoms with Crippen molar-refractivity contribution in [1.82, 2.24) is 4.83 Å². The molecule has 6 nitrogen and oxygen atoms in total. The molecule has 0 bridgehead atoms. The van der Waals surface area contributed by atoms with Crippen LogP contribution in [0.4, 0.5) is 5.69 Å². The molecule has 0 fully saturated rings. The van der Waals surface area contributed by atoms with Crippen LogP contribution in [0.1, 0.15) is 10.4 Å². The number of esters is 1. The molecule has 0 atom stereocenters. The lowest BCUT2D eigenvalue weighted by Gasteiger charge is -2.12. The smallest absolute Gasteiger partial charge is 0.337 e. The SMILES string of the molecule is COC(=O)c1ccc(S(=O)(=O)NNc2c(Cl)cc(Cl)cc2Cl)cc1. The molecule has 0 saturated carbocycles. The molecule has 2 N–H and O–H groups in total. The van der Waals surface area contributed by atoms with Gasteiger partial charge >= 0.3 is 5.97 Å². The van der Waals surface area contributed by atoms with E-state index in [0.29, 0.717) is 5.02 Å². The van der Waals surface area contributed by atoms with Gasteiger partial charge in [-0.1, -0.05) is 34.8 Å². The number of rotatable bonds is 5. The van der Waals surface area contributed by atoms with Crippen LogP contribution in [-0.4, -0.2) is 21.5 Å². The van der Waals surface area contributed by atoms with Gasteiger partial charge in [-0.15, -0.1) is 4.83 Å². The standard InChI is InChI=1S/C14H11Cl3N2O4S/c1-23-14(20)8-2-4-10(5-3-8)24(21,22)19-18-13-11(16)6-9(15)7-12(13)17/h2-7,18-19H,1H3. The fourth-order valence-electron chi connectivity index (χ4n) is 1.73. The van der Waals surface area contributed by atoms with E-state index in [0.717, 1.165) is 0 Å². The van der Waals surface area contributed by atoms with Gasteiger partial charge in [0.15, 0.2) is 0 Å². The van der Waals surface area contributed by atoms with E-state index >= 15 is 0 Å². The molecule has 2 aromatic rings. The highest BCUT2D eigenvalue weighted by Crippen LogP contribution is 2.33. The highest BCUT2D eigenvalue weighted by atomic mass is 35.5. The number of halogens is 3. The van der Waals surface area contributed by atoms with Gasteiger partial charge in [-0.3, -0.25) is 0 Å². The number of nitrogens with one attached hydrogen (secondary N) is 2. The van der Waals surface area contributed by atoms with Gasteiger partial charge in [0, 0.05) is 5.02 Å². The van der Waals surface area contributed by atoms with Crippen LogP contribution in [0.25, 0.3) is 0 Å². The van der Waals surface area contributed by atoms with Gasteiger partial charge < -0.3 is 10.2 Å². The average molecular weight is 410 g/mol. The van der Waals surface area contributed by atoms with E-state index in [1.54, 1.807) is 0 Å². The van der Waals surface area contributed by atoms with E-state index in [1.165, 1.54) is 43.5 Å². The Balaban J connectivity index is 2.19. The molecule has 0 aliphatic rings. The third kappa shape index (κ3) is 4.31. The summed E-state index contributed by atoms with van der Waals surface area (Å²) in [4.78, 5) is 13.4. The molecular formula is C14H11Cl3N2O4S. The molecule has 2 rings (SSSR count). The summed E-state index contributed by atoms with van der Waals surface area (Å²) in [6.07, 6.45) is 0. The zero-order valence-corrected chi connectivity index (χ0v) is 15.2. The lowest BCUT2D eigenvalue weighted by molar-refractivity contribution is 0.0600. The molecule has 24 heavy (non-hydrogen) atoms. The van der Waals surface area contributed by atoms with E-state index in [9.17, 15) is 13.2 Å². The molecule has 0 radical (unpaired) electrons. The van der Waals surface area contributed by atoms with Gasteiger partial charge in [-0.2, -0.15) is 0 Å². The van der Waals surface area contributed by atoms with E-state index in [4.69, 9.17) is 34.8 Å². The van der Waals surface area contributed by atoms with Crippen molar-refractivity contribution in [2.24, 2.45) is 0 Å². The number of methoxy groups -OCH3 is 1. The molecule has 0 saturated heterocycles. The van der Waals surface area contributed by atoms with Crippen LogP contribution in [0, 0.1) is 0 Å². The zero-order chi connectivity index (χ0) is 17.9. The summed E-state index contributed by atoms with van der Waals surface area (Å²) in [6, 6.07) is 8.03. The molecule has 10 heteroatoms. The number of hydrogen-bond donors (Lipinski definition) is 2. The number of hydrogen-bond acceptors (Lipinski definition) is 5. The maximum Gasteiger partial charge on any atom is 0.337 e. The van der Waals surface area contributed by atoms with Crippen LogP contribution in [0.5, 0.6) is 0 Å². The number of sulfonamides is 1. The number of ether oxygens (including phenoxy) is 1. The molecule has 0 heterocycles. The predicted molar refractivity (Wildman–Crippen MR) is 93.2 cm³/mol. The molecule has 2 aromatic carbocycles. The minimum Gasteiger partial charge on any atom is -0.465 e. The van der Waals surface area contributed by atoms with Crippen LogP contribution in [-0.2, 0) is 14.8 Å². The Morgan fingerprint density at radius 1 is 1.04 bits per heavy atom. The number of carbonyl (C=O) groups is 1. The molecule has 0 aliphatic carbocycles. The second-order valence-corrected chi connectivity index (χ2v) is 7.42. The monoisotopic (exact) mass is 408 g/mol. The molecule has 128 valence electrons. The molecule has 0 unspecified atom stereocenters. The largest absolute Gasteiger partial charge is 0.465 e. The van der Waals surface area contributed by atoms with Crippen LogP contribution >= 0.6 is 34.8 Å². The zero-order valence-electron chi connectivity index (χ0n) is 12.1. The molecular weight excluding hydrogens is 399 g/mol. The summed E-state index contributed by atoms with van der Waals surface area (Å²) < 4.78 is 29.0. The number of anilines is 1. The normalized spacial score (nSPS) is 11.2. The maximum atomic E-state index is 12.2. The summed E-state index contributed by atoms with van der Waals surface area (Å²) in [7, 11) is -2.68. The molecule has 0 spiro atoms. The molecule has 0 amide bonds. The summed E-state index contributed by atoms with van der Waals surface area (Å²) >= 11 is 17.7. The minimum atomic E-state index is -3.91. The van der Waals surface area contributed by atoms with Crippen molar-refractivity contribution >= 4 is 56.5 Å². The van der Waals surface area contributed by atoms with Crippen molar-refractivity contribution in [3.63, 3.8) is 0 Å². The fraction of sp³-hybridized carbons (Fsp3) is 0.0714. The maximum absolute atomic E-state index is 12.2. The Hall–Kier alpha value is -1.51. The van der Waals surface area contributed by atoms with E-state index < -0.39 is 16.0 Å². The molecule has 0 aliphatic heterocycles. The van der Waals surface area contributed by atoms with Gasteiger partial charge in [-0.05, 0) is 36.4 Å². The van der Waals surface area contributed by atoms with E-state index in [1.807, 2.05) is 0 Å². The lowest BCUT2D eigenvalue weighted by atomic mass is 10.2. The number of hydrazine groups is 1. The first-order valence-corrected chi connectivity index (χ1v) is 8.97. The number of benzene rings is 2. The van der Waals surface area contributed by atoms with Gasteiger partial charge in [0.05, 0.1) is 33.3 Å². The highest BCUT2D eigenvalue weighted by molar-refractivity contribution is 7.89. The summed E-state index contributed by atoms with van der Waals surface area (Å²) in [5.41, 5.74) is 2.84. The predicted octanol–water partition coefficient (Wildman–Crippen LogP) is 3.74. The Bertz CT molecular complexity index is 847. The van der Waals surface area contributed by atoms with Gasteiger partial charge in [0.2, 0.25) is 0 Å². The van der Waals surface area contributed by atoms with E-state index in [-0.39, 0.29) is 26.2 Å². The molecule has 0 aromatic heterocycles. The summed E-state index contributed by atoms with van der Waals surface area (Å²) in [6.45, 7) is 0. The van der Waals surface area contributed by atoms with Crippen LogP contribution in [0.15, 0.2) is 41.3 Å². The topological polar surface area (TPSA) is 84.5 Å². The van der Waals surface area contributed by atoms with Crippen molar-refractivity contribution in [2.45, 2.75) is 4.90 Å². The van der Waals surface area contributed by atoms with Crippen molar-refractivity contribution in [3.05, 3.63) is 57.0 Å². The fourth-order valence-corrected chi connectivity index (χ4v) is 3.49. The van der Waals surface area contributed by atoms with Crippen molar-refractivity contribution < 1.29 is 17.9 Å². The third-order valence-corrected chi connectivity index (χ3v) is 4.98. The Morgan fingerprint density at radius 2 is 1.58 bits per heavy atom. The summed E-state index contributed by atoms with van der Waals surface area (Å²) in [5, 5.41) is 0.615. The summed E-state index contributed by atoms with van der Waals surface area (Å²) in [5.74, 6) is -0.565. The Labute approximate surface area is 153 Å². The minimum absolute atomic E-state index is 0.0659. The van der Waals surface area contributed by atoms with Crippen LogP contribution in [0.3, 0.4) is 0 Å². The van der Waals surface area contributed by atoms with Crippen LogP contribution < -0.4 is 10.3 Å².